The monoisotopic (exact) mass is 566 g/mol. The van der Waals surface area contributed by atoms with E-state index in [-0.39, 0.29) is 0 Å². The molecule has 0 fully saturated rings. The number of furan rings is 1. The first-order valence-electron chi connectivity index (χ1n) is 14.0. The minimum atomic E-state index is -4.43. The number of nitrogens with zero attached hydrogens (tertiary/aromatic N) is 2. The molecule has 9 rings (SSSR count). The summed E-state index contributed by atoms with van der Waals surface area (Å²) in [5, 5.41) is 5.59. The van der Waals surface area contributed by atoms with Crippen molar-refractivity contribution in [2.24, 2.45) is 0 Å². The molecule has 206 valence electrons. The molecular formula is C37H21F3N2O. The lowest BCUT2D eigenvalue weighted by Gasteiger charge is -2.10. The van der Waals surface area contributed by atoms with Gasteiger partial charge in [-0.25, -0.2) is 0 Å². The number of rotatable bonds is 2. The number of alkyl halides is 3. The van der Waals surface area contributed by atoms with Crippen LogP contribution < -0.4 is 0 Å². The average Bonchev–Trinajstić information content (AvgIpc) is 3.68. The minimum Gasteiger partial charge on any atom is -0.454 e. The minimum absolute atomic E-state index is 0.548. The number of hydrogen-bond donors (Lipinski definition) is 0. The fourth-order valence-corrected chi connectivity index (χ4v) is 6.70. The van der Waals surface area contributed by atoms with Gasteiger partial charge in [0.15, 0.2) is 5.58 Å². The number of fused-ring (bicyclic) bond motifs is 9. The highest BCUT2D eigenvalue weighted by Gasteiger charge is 2.31. The van der Waals surface area contributed by atoms with E-state index in [0.717, 1.165) is 55.7 Å². The van der Waals surface area contributed by atoms with E-state index in [9.17, 15) is 13.2 Å². The van der Waals surface area contributed by atoms with Gasteiger partial charge in [-0.1, -0.05) is 66.7 Å². The smallest absolute Gasteiger partial charge is 0.416 e. The van der Waals surface area contributed by atoms with Crippen molar-refractivity contribution in [3.05, 3.63) is 133 Å². The fraction of sp³-hybridized carbons (Fsp3) is 0.0270. The topological polar surface area (TPSA) is 23.0 Å². The number of para-hydroxylation sites is 4. The van der Waals surface area contributed by atoms with Crippen LogP contribution in [0.25, 0.3) is 76.9 Å². The van der Waals surface area contributed by atoms with Gasteiger partial charge in [-0.05, 0) is 60.7 Å². The second-order valence-electron chi connectivity index (χ2n) is 10.9. The molecule has 0 saturated carbocycles. The van der Waals surface area contributed by atoms with Gasteiger partial charge >= 0.3 is 6.18 Å². The van der Waals surface area contributed by atoms with Crippen molar-refractivity contribution < 1.29 is 17.6 Å². The lowest BCUT2D eigenvalue weighted by Crippen LogP contribution is -2.04. The lowest BCUT2D eigenvalue weighted by molar-refractivity contribution is -0.137. The Labute approximate surface area is 242 Å². The second kappa shape index (κ2) is 8.52. The highest BCUT2D eigenvalue weighted by Crippen LogP contribution is 2.41. The van der Waals surface area contributed by atoms with Gasteiger partial charge in [0.05, 0.1) is 33.3 Å². The number of benzene rings is 6. The van der Waals surface area contributed by atoms with Crippen LogP contribution in [0.2, 0.25) is 0 Å². The zero-order valence-electron chi connectivity index (χ0n) is 22.6. The molecule has 0 aliphatic heterocycles. The maximum atomic E-state index is 13.7. The van der Waals surface area contributed by atoms with E-state index in [0.29, 0.717) is 16.5 Å². The summed E-state index contributed by atoms with van der Waals surface area (Å²) in [4.78, 5) is 0. The van der Waals surface area contributed by atoms with Crippen LogP contribution in [0, 0.1) is 0 Å². The van der Waals surface area contributed by atoms with Gasteiger partial charge in [0.25, 0.3) is 0 Å². The van der Waals surface area contributed by atoms with Gasteiger partial charge in [-0.2, -0.15) is 13.2 Å². The number of hydrogen-bond acceptors (Lipinski definition) is 1. The summed E-state index contributed by atoms with van der Waals surface area (Å²) in [6, 6.07) is 40.5. The van der Waals surface area contributed by atoms with Gasteiger partial charge in [0.1, 0.15) is 5.58 Å². The Balaban J connectivity index is 1.31. The molecule has 6 heteroatoms. The molecule has 6 aromatic carbocycles. The van der Waals surface area contributed by atoms with E-state index < -0.39 is 11.7 Å². The van der Waals surface area contributed by atoms with E-state index in [1.54, 1.807) is 6.07 Å². The van der Waals surface area contributed by atoms with Gasteiger partial charge in [0, 0.05) is 38.0 Å². The van der Waals surface area contributed by atoms with Crippen LogP contribution in [0.15, 0.2) is 132 Å². The molecule has 0 amide bonds. The van der Waals surface area contributed by atoms with E-state index in [4.69, 9.17) is 4.42 Å². The molecule has 0 bridgehead atoms. The summed E-state index contributed by atoms with van der Waals surface area (Å²) in [6.45, 7) is 0. The quantitative estimate of drug-likeness (QED) is 0.204. The van der Waals surface area contributed by atoms with E-state index in [2.05, 4.69) is 65.2 Å². The average molecular weight is 567 g/mol. The lowest BCUT2D eigenvalue weighted by atomic mass is 10.1. The predicted molar refractivity (Wildman–Crippen MR) is 167 cm³/mol. The normalized spacial score (nSPS) is 12.5. The van der Waals surface area contributed by atoms with E-state index >= 15 is 0 Å². The first-order valence-corrected chi connectivity index (χ1v) is 14.0. The summed E-state index contributed by atoms with van der Waals surface area (Å²) in [6.07, 6.45) is -4.43. The van der Waals surface area contributed by atoms with Crippen LogP contribution in [0.5, 0.6) is 0 Å². The van der Waals surface area contributed by atoms with E-state index in [1.807, 2.05) is 53.1 Å². The summed E-state index contributed by atoms with van der Waals surface area (Å²) in [5.74, 6) is 0. The summed E-state index contributed by atoms with van der Waals surface area (Å²) < 4.78 is 51.8. The standard InChI is InChI=1S/C37H21F3N2O/c38-37(39,40)22-16-18-33-28(20-22)26-10-3-6-14-32(26)42(33)34-15-7-11-27-29-21-23(17-19-35(29)43-36(27)34)41-30-12-4-1-8-24(30)25-9-2-5-13-31(25)41/h1-21H. The van der Waals surface area contributed by atoms with Crippen molar-refractivity contribution in [3.8, 4) is 11.4 Å². The summed E-state index contributed by atoms with van der Waals surface area (Å²) in [5.41, 5.74) is 6.31. The SMILES string of the molecule is FC(F)(F)c1ccc2c(c1)c1ccccc1n2-c1cccc2c1oc1ccc(-n3c4ccccc4c4ccccc43)cc12. The Kier molecular flexibility index (Phi) is 4.78. The molecule has 0 aliphatic carbocycles. The van der Waals surface area contributed by atoms with Crippen LogP contribution in [0.4, 0.5) is 13.2 Å². The van der Waals surface area contributed by atoms with Crippen molar-refractivity contribution in [2.75, 3.05) is 0 Å². The third-order valence-electron chi connectivity index (χ3n) is 8.54. The van der Waals surface area contributed by atoms with Gasteiger partial charge in [0.2, 0.25) is 0 Å². The molecule has 0 atom stereocenters. The number of aromatic nitrogens is 2. The van der Waals surface area contributed by atoms with Crippen molar-refractivity contribution >= 4 is 65.6 Å². The van der Waals surface area contributed by atoms with Crippen molar-refractivity contribution in [2.45, 2.75) is 6.18 Å². The third kappa shape index (κ3) is 3.37. The Morgan fingerprint density at radius 1 is 0.465 bits per heavy atom. The summed E-state index contributed by atoms with van der Waals surface area (Å²) >= 11 is 0. The van der Waals surface area contributed by atoms with Gasteiger partial charge in [-0.3, -0.25) is 0 Å². The molecule has 0 unspecified atom stereocenters. The van der Waals surface area contributed by atoms with Crippen LogP contribution in [0.3, 0.4) is 0 Å². The first-order chi connectivity index (χ1) is 21.0. The third-order valence-corrected chi connectivity index (χ3v) is 8.54. The Morgan fingerprint density at radius 2 is 1.05 bits per heavy atom. The maximum absolute atomic E-state index is 13.7. The molecule has 3 aromatic heterocycles. The molecule has 0 N–H and O–H groups in total. The van der Waals surface area contributed by atoms with Crippen LogP contribution in [-0.4, -0.2) is 9.13 Å². The Bertz CT molecular complexity index is 2510. The van der Waals surface area contributed by atoms with Crippen LogP contribution in [0.1, 0.15) is 5.56 Å². The van der Waals surface area contributed by atoms with E-state index in [1.165, 1.54) is 16.8 Å². The van der Waals surface area contributed by atoms with Crippen molar-refractivity contribution in [1.82, 2.24) is 9.13 Å². The maximum Gasteiger partial charge on any atom is 0.416 e. The molecule has 0 saturated heterocycles. The first kappa shape index (κ1) is 24.1. The Hall–Kier alpha value is -5.49. The molecule has 3 heterocycles. The second-order valence-corrected chi connectivity index (χ2v) is 10.9. The van der Waals surface area contributed by atoms with Crippen LogP contribution >= 0.6 is 0 Å². The zero-order valence-corrected chi connectivity index (χ0v) is 22.6. The van der Waals surface area contributed by atoms with Gasteiger partial charge in [-0.15, -0.1) is 0 Å². The Morgan fingerprint density at radius 3 is 1.72 bits per heavy atom. The molecule has 43 heavy (non-hydrogen) atoms. The fourth-order valence-electron chi connectivity index (χ4n) is 6.70. The molecule has 0 spiro atoms. The van der Waals surface area contributed by atoms with Crippen molar-refractivity contribution in [3.63, 3.8) is 0 Å². The van der Waals surface area contributed by atoms with Crippen LogP contribution in [-0.2, 0) is 6.18 Å². The highest BCUT2D eigenvalue weighted by atomic mass is 19.4. The highest BCUT2D eigenvalue weighted by molar-refractivity contribution is 6.14. The van der Waals surface area contributed by atoms with Gasteiger partial charge < -0.3 is 13.6 Å². The largest absolute Gasteiger partial charge is 0.454 e. The molecule has 3 nitrogen and oxygen atoms in total. The van der Waals surface area contributed by atoms with Crippen molar-refractivity contribution in [1.29, 1.82) is 0 Å². The molecule has 9 aromatic rings. The number of halogens is 3. The summed E-state index contributed by atoms with van der Waals surface area (Å²) in [7, 11) is 0. The molecule has 0 aliphatic rings. The molecule has 0 radical (unpaired) electrons. The predicted octanol–water partition coefficient (Wildman–Crippen LogP) is 10.8. The zero-order chi connectivity index (χ0) is 28.9. The molecular weight excluding hydrogens is 545 g/mol.